The number of nitrogens with one attached hydrogen (secondary N) is 2. The number of carbonyl (C=O) groups is 2. The quantitative estimate of drug-likeness (QED) is 0.173. The molecule has 43 heavy (non-hydrogen) atoms. The summed E-state index contributed by atoms with van der Waals surface area (Å²) in [6.45, 7) is 9.47. The molecule has 5 rings (SSSR count). The molecule has 1 aliphatic heterocycles. The first-order valence-corrected chi connectivity index (χ1v) is 15.1. The van der Waals surface area contributed by atoms with Gasteiger partial charge in [-0.15, -0.1) is 0 Å². The second-order valence-corrected chi connectivity index (χ2v) is 12.3. The van der Waals surface area contributed by atoms with Crippen LogP contribution in [0.3, 0.4) is 0 Å². The van der Waals surface area contributed by atoms with Crippen LogP contribution in [0.1, 0.15) is 45.6 Å². The van der Waals surface area contributed by atoms with Crippen LogP contribution in [0.5, 0.6) is 0 Å². The summed E-state index contributed by atoms with van der Waals surface area (Å²) < 4.78 is 5.53. The van der Waals surface area contributed by atoms with Crippen LogP contribution in [0.15, 0.2) is 73.1 Å². The number of nitrogens with zero attached hydrogens (tertiary/aromatic N) is 3. The van der Waals surface area contributed by atoms with Gasteiger partial charge in [0.15, 0.2) is 0 Å². The molecule has 0 radical (unpaired) electrons. The molecule has 4 aromatic rings. The lowest BCUT2D eigenvalue weighted by Gasteiger charge is -2.39. The van der Waals surface area contributed by atoms with Gasteiger partial charge in [-0.3, -0.25) is 10.2 Å². The van der Waals surface area contributed by atoms with E-state index >= 15 is 0 Å². The first kappa shape index (κ1) is 30.3. The Kier molecular flexibility index (Phi) is 8.87. The number of piperazine rings is 1. The number of rotatable bonds is 8. The summed E-state index contributed by atoms with van der Waals surface area (Å²) in [5.41, 5.74) is 3.84. The number of esters is 1. The molecule has 1 aliphatic rings. The average molecular weight is 600 g/mol. The van der Waals surface area contributed by atoms with Crippen LogP contribution in [0.4, 0.5) is 5.69 Å². The fourth-order valence-corrected chi connectivity index (χ4v) is 5.94. The number of anilines is 1. The molecule has 8 nitrogen and oxygen atoms in total. The third-order valence-corrected chi connectivity index (χ3v) is 8.13. The number of benzene rings is 2. The van der Waals surface area contributed by atoms with Crippen molar-refractivity contribution in [2.45, 2.75) is 45.6 Å². The summed E-state index contributed by atoms with van der Waals surface area (Å²) in [5.74, 6) is -2.17. The number of hydrogen-bond acceptors (Lipinski definition) is 6. The predicted molar refractivity (Wildman–Crippen MR) is 172 cm³/mol. The Balaban J connectivity index is 1.42. The van der Waals surface area contributed by atoms with Crippen molar-refractivity contribution < 1.29 is 14.3 Å². The van der Waals surface area contributed by atoms with Crippen LogP contribution in [-0.2, 0) is 14.3 Å². The molecule has 1 fully saturated rings. The van der Waals surface area contributed by atoms with E-state index in [1.54, 1.807) is 32.9 Å². The van der Waals surface area contributed by atoms with Crippen molar-refractivity contribution in [3.05, 3.63) is 83.6 Å². The highest BCUT2D eigenvalue weighted by atomic mass is 35.5. The van der Waals surface area contributed by atoms with E-state index in [0.29, 0.717) is 37.6 Å². The van der Waals surface area contributed by atoms with Crippen molar-refractivity contribution in [2.24, 2.45) is 5.92 Å². The van der Waals surface area contributed by atoms with Gasteiger partial charge in [-0.1, -0.05) is 61.0 Å². The van der Waals surface area contributed by atoms with Gasteiger partial charge in [-0.05, 0) is 56.5 Å². The number of halogens is 1. The number of carbonyl (C=O) groups excluding carboxylic acids is 2. The lowest BCUT2D eigenvalue weighted by Crippen LogP contribution is -2.51. The van der Waals surface area contributed by atoms with Gasteiger partial charge >= 0.3 is 5.97 Å². The maximum absolute atomic E-state index is 14.3. The Morgan fingerprint density at radius 2 is 1.70 bits per heavy atom. The highest BCUT2D eigenvalue weighted by Crippen LogP contribution is 2.38. The third kappa shape index (κ3) is 6.59. The number of aromatic amines is 1. The molecule has 2 aromatic carbocycles. The maximum atomic E-state index is 14.3. The number of amides is 1. The van der Waals surface area contributed by atoms with Gasteiger partial charge in [-0.2, -0.15) is 0 Å². The average Bonchev–Trinajstić information content (AvgIpc) is 3.48. The Labute approximate surface area is 257 Å². The van der Waals surface area contributed by atoms with Crippen LogP contribution in [0.25, 0.3) is 22.2 Å². The molecule has 1 saturated heterocycles. The molecule has 1 amide bonds. The van der Waals surface area contributed by atoms with Crippen LogP contribution < -0.4 is 4.90 Å². The van der Waals surface area contributed by atoms with Crippen molar-refractivity contribution in [1.29, 1.82) is 5.41 Å². The Bertz CT molecular complexity index is 1600. The predicted octanol–water partition coefficient (Wildman–Crippen LogP) is 6.70. The monoisotopic (exact) mass is 599 g/mol. The van der Waals surface area contributed by atoms with Gasteiger partial charge in [0.05, 0.1) is 11.6 Å². The molecule has 0 aliphatic carbocycles. The first-order valence-electron chi connectivity index (χ1n) is 14.7. The summed E-state index contributed by atoms with van der Waals surface area (Å²) in [7, 11) is 0. The second-order valence-electron chi connectivity index (χ2n) is 11.9. The molecular weight excluding hydrogens is 562 g/mol. The van der Waals surface area contributed by atoms with Gasteiger partial charge in [0.1, 0.15) is 17.0 Å². The summed E-state index contributed by atoms with van der Waals surface area (Å²) in [5, 5.41) is 10.4. The SMILES string of the molecule is CC[C@H](C(=N)C(=O)OC(C)(C)C)[C@H](C(=O)N1CCN(c2c(-c3ccccc3)cnc3[nH]ccc23)CC1)c1ccc(Cl)cc1. The molecule has 224 valence electrons. The number of aromatic nitrogens is 2. The second kappa shape index (κ2) is 12.6. The molecular formula is C34H38ClN5O3. The van der Waals surface area contributed by atoms with E-state index in [0.717, 1.165) is 33.4 Å². The zero-order valence-electron chi connectivity index (χ0n) is 25.1. The van der Waals surface area contributed by atoms with E-state index in [2.05, 4.69) is 27.0 Å². The molecule has 0 unspecified atom stereocenters. The highest BCUT2D eigenvalue weighted by Gasteiger charge is 2.39. The normalized spacial score (nSPS) is 15.3. The molecule has 2 atom stereocenters. The molecule has 0 spiro atoms. The van der Waals surface area contributed by atoms with E-state index in [1.165, 1.54) is 0 Å². The summed E-state index contributed by atoms with van der Waals surface area (Å²) in [4.78, 5) is 39.3. The topological polar surface area (TPSA) is 102 Å². The number of fused-ring (bicyclic) bond motifs is 1. The fraction of sp³-hybridized carbons (Fsp3) is 0.353. The molecule has 2 N–H and O–H groups in total. The van der Waals surface area contributed by atoms with Crippen LogP contribution in [0.2, 0.25) is 5.02 Å². The van der Waals surface area contributed by atoms with Crippen LogP contribution in [-0.4, -0.2) is 64.2 Å². The minimum absolute atomic E-state index is 0.105. The molecule has 0 bridgehead atoms. The molecule has 9 heteroatoms. The fourth-order valence-electron chi connectivity index (χ4n) is 5.82. The minimum atomic E-state index is -0.742. The van der Waals surface area contributed by atoms with Gasteiger partial charge in [0.25, 0.3) is 0 Å². The first-order chi connectivity index (χ1) is 20.6. The zero-order chi connectivity index (χ0) is 30.7. The summed E-state index contributed by atoms with van der Waals surface area (Å²) >= 11 is 6.18. The lowest BCUT2D eigenvalue weighted by molar-refractivity contribution is -0.146. The highest BCUT2D eigenvalue weighted by molar-refractivity contribution is 6.36. The number of hydrogen-bond donors (Lipinski definition) is 2. The van der Waals surface area contributed by atoms with Crippen molar-refractivity contribution in [3.8, 4) is 11.1 Å². The van der Waals surface area contributed by atoms with Crippen LogP contribution >= 0.6 is 11.6 Å². The number of ether oxygens (including phenoxy) is 1. The maximum Gasteiger partial charge on any atom is 0.352 e. The Hall–Kier alpha value is -4.17. The van der Waals surface area contributed by atoms with Crippen molar-refractivity contribution in [1.82, 2.24) is 14.9 Å². The Morgan fingerprint density at radius 1 is 1.02 bits per heavy atom. The smallest absolute Gasteiger partial charge is 0.352 e. The summed E-state index contributed by atoms with van der Waals surface area (Å²) in [6, 6.07) is 19.4. The molecule has 2 aromatic heterocycles. The zero-order valence-corrected chi connectivity index (χ0v) is 25.8. The summed E-state index contributed by atoms with van der Waals surface area (Å²) in [6.07, 6.45) is 4.24. The van der Waals surface area contributed by atoms with E-state index in [1.807, 2.05) is 60.6 Å². The Morgan fingerprint density at radius 3 is 2.33 bits per heavy atom. The van der Waals surface area contributed by atoms with E-state index < -0.39 is 23.4 Å². The molecule has 0 saturated carbocycles. The van der Waals surface area contributed by atoms with Gasteiger partial charge in [-0.25, -0.2) is 9.78 Å². The van der Waals surface area contributed by atoms with Crippen LogP contribution in [0, 0.1) is 11.3 Å². The van der Waals surface area contributed by atoms with Gasteiger partial charge in [0.2, 0.25) is 5.91 Å². The van der Waals surface area contributed by atoms with Crippen molar-refractivity contribution in [3.63, 3.8) is 0 Å². The van der Waals surface area contributed by atoms with Crippen molar-refractivity contribution in [2.75, 3.05) is 31.1 Å². The van der Waals surface area contributed by atoms with E-state index in [-0.39, 0.29) is 11.6 Å². The molecule has 3 heterocycles. The lowest BCUT2D eigenvalue weighted by atomic mass is 9.80. The minimum Gasteiger partial charge on any atom is -0.455 e. The standard InChI is InChI=1S/C34H38ClN5O3/c1-5-25(29(36)33(42)43-34(2,3)4)28(23-11-13-24(35)14-12-23)32(41)40-19-17-39(18-20-40)30-26-15-16-37-31(26)38-21-27(30)22-9-7-6-8-10-22/h6-16,21,25,28,36H,5,17-20H2,1-4H3,(H,37,38)/t25-,28+/m0/s1. The van der Waals surface area contributed by atoms with Gasteiger partial charge in [0, 0.05) is 60.5 Å². The van der Waals surface area contributed by atoms with E-state index in [4.69, 9.17) is 21.7 Å². The largest absolute Gasteiger partial charge is 0.455 e. The van der Waals surface area contributed by atoms with E-state index in [9.17, 15) is 9.59 Å². The third-order valence-electron chi connectivity index (χ3n) is 7.88. The van der Waals surface area contributed by atoms with Gasteiger partial charge < -0.3 is 19.5 Å². The van der Waals surface area contributed by atoms with Crippen molar-refractivity contribution >= 4 is 45.9 Å². The number of H-pyrrole nitrogens is 1. The number of pyridine rings is 1.